The van der Waals surface area contributed by atoms with E-state index in [1.807, 2.05) is 43.3 Å². The molecule has 1 aliphatic rings. The minimum Gasteiger partial charge on any atom is -0.496 e. The van der Waals surface area contributed by atoms with Gasteiger partial charge in [-0.25, -0.2) is 0 Å². The molecule has 1 aliphatic heterocycles. The first-order valence-corrected chi connectivity index (χ1v) is 14.5. The van der Waals surface area contributed by atoms with Crippen molar-refractivity contribution in [1.29, 1.82) is 0 Å². The molecule has 0 aromatic heterocycles. The van der Waals surface area contributed by atoms with Crippen LogP contribution < -0.4 is 25.0 Å². The van der Waals surface area contributed by atoms with Gasteiger partial charge in [-0.2, -0.15) is 13.2 Å². The largest absolute Gasteiger partial charge is 0.496 e. The Bertz CT molecular complexity index is 1570. The number of hydrogen-bond donors (Lipinski definition) is 1. The molecule has 230 valence electrons. The summed E-state index contributed by atoms with van der Waals surface area (Å²) in [5.74, 6) is 0.843. The molecule has 5 rings (SSSR count). The minimum absolute atomic E-state index is 0.130. The van der Waals surface area contributed by atoms with Crippen LogP contribution >= 0.6 is 0 Å². The van der Waals surface area contributed by atoms with Crippen molar-refractivity contribution in [3.05, 3.63) is 107 Å². The predicted molar refractivity (Wildman–Crippen MR) is 168 cm³/mol. The third kappa shape index (κ3) is 6.68. The summed E-state index contributed by atoms with van der Waals surface area (Å²) in [6.07, 6.45) is -2.62. The number of nitrogens with two attached hydrogens (primary N) is 1. The molecular weight excluding hydrogens is 567 g/mol. The first kappa shape index (κ1) is 30.9. The van der Waals surface area contributed by atoms with Crippen molar-refractivity contribution >= 4 is 17.3 Å². The Morgan fingerprint density at radius 1 is 0.909 bits per heavy atom. The summed E-state index contributed by atoms with van der Waals surface area (Å²) in [5.41, 5.74) is 10.1. The van der Waals surface area contributed by atoms with Gasteiger partial charge >= 0.3 is 6.18 Å². The summed E-state index contributed by atoms with van der Waals surface area (Å²) in [5, 5.41) is 0. The number of aryl methyl sites for hydroxylation is 1. The van der Waals surface area contributed by atoms with Crippen LogP contribution in [0.25, 0.3) is 11.1 Å². The third-order valence-corrected chi connectivity index (χ3v) is 8.06. The minimum atomic E-state index is -4.46. The van der Waals surface area contributed by atoms with E-state index in [4.69, 9.17) is 15.2 Å². The molecule has 1 fully saturated rings. The SMILES string of the molecule is COc1cc(C)cc(OC)c1CN(C(=O)c1ccccc1-c1ccc(C(F)(F)F)cc1)c1ccc(N2CCC(N)CC2)cc1. The van der Waals surface area contributed by atoms with Crippen LogP contribution in [-0.4, -0.2) is 39.3 Å². The third-order valence-electron chi connectivity index (χ3n) is 8.06. The lowest BCUT2D eigenvalue weighted by molar-refractivity contribution is -0.137. The first-order valence-electron chi connectivity index (χ1n) is 14.5. The van der Waals surface area contributed by atoms with Gasteiger partial charge in [0, 0.05) is 36.1 Å². The van der Waals surface area contributed by atoms with Gasteiger partial charge in [0.2, 0.25) is 0 Å². The van der Waals surface area contributed by atoms with E-state index in [1.54, 1.807) is 43.4 Å². The molecule has 44 heavy (non-hydrogen) atoms. The molecule has 0 atom stereocenters. The highest BCUT2D eigenvalue weighted by molar-refractivity contribution is 6.10. The zero-order valence-electron chi connectivity index (χ0n) is 25.0. The quantitative estimate of drug-likeness (QED) is 0.226. The number of nitrogens with zero attached hydrogens (tertiary/aromatic N) is 2. The number of carbonyl (C=O) groups is 1. The molecule has 0 saturated carbocycles. The normalized spacial score (nSPS) is 13.9. The summed E-state index contributed by atoms with van der Waals surface area (Å²) in [6.45, 7) is 3.79. The Kier molecular flexibility index (Phi) is 9.15. The summed E-state index contributed by atoms with van der Waals surface area (Å²) < 4.78 is 51.2. The van der Waals surface area contributed by atoms with Crippen LogP contribution in [0.3, 0.4) is 0 Å². The van der Waals surface area contributed by atoms with Gasteiger partial charge < -0.3 is 25.0 Å². The molecule has 0 spiro atoms. The second-order valence-electron chi connectivity index (χ2n) is 11.0. The summed E-state index contributed by atoms with van der Waals surface area (Å²) in [6, 6.07) is 23.6. The maximum Gasteiger partial charge on any atom is 0.416 e. The molecule has 1 amide bonds. The Labute approximate surface area is 255 Å². The Balaban J connectivity index is 1.56. The van der Waals surface area contributed by atoms with E-state index in [-0.39, 0.29) is 18.5 Å². The number of benzene rings is 4. The number of rotatable bonds is 8. The number of hydrogen-bond acceptors (Lipinski definition) is 5. The fourth-order valence-corrected chi connectivity index (χ4v) is 5.62. The van der Waals surface area contributed by atoms with Crippen molar-refractivity contribution in [2.45, 2.75) is 38.5 Å². The van der Waals surface area contributed by atoms with E-state index in [9.17, 15) is 18.0 Å². The van der Waals surface area contributed by atoms with Gasteiger partial charge in [-0.3, -0.25) is 4.79 Å². The van der Waals surface area contributed by atoms with Crippen LogP contribution in [0.5, 0.6) is 11.5 Å². The van der Waals surface area contributed by atoms with Crippen molar-refractivity contribution in [3.8, 4) is 22.6 Å². The number of ether oxygens (including phenoxy) is 2. The van der Waals surface area contributed by atoms with Crippen molar-refractivity contribution in [2.24, 2.45) is 5.73 Å². The molecule has 4 aromatic rings. The van der Waals surface area contributed by atoms with Crippen LogP contribution in [0.1, 0.15) is 39.9 Å². The molecule has 9 heteroatoms. The van der Waals surface area contributed by atoms with E-state index >= 15 is 0 Å². The first-order chi connectivity index (χ1) is 21.1. The van der Waals surface area contributed by atoms with Gasteiger partial charge in [0.15, 0.2) is 0 Å². The highest BCUT2D eigenvalue weighted by Crippen LogP contribution is 2.36. The van der Waals surface area contributed by atoms with E-state index < -0.39 is 11.7 Å². The maximum absolute atomic E-state index is 14.5. The Morgan fingerprint density at radius 2 is 1.50 bits per heavy atom. The smallest absolute Gasteiger partial charge is 0.416 e. The van der Waals surface area contributed by atoms with E-state index in [0.717, 1.165) is 49.3 Å². The van der Waals surface area contributed by atoms with Gasteiger partial charge in [-0.1, -0.05) is 30.3 Å². The number of amides is 1. The molecule has 0 radical (unpaired) electrons. The molecule has 1 saturated heterocycles. The monoisotopic (exact) mass is 603 g/mol. The van der Waals surface area contributed by atoms with Gasteiger partial charge in [0.25, 0.3) is 5.91 Å². The Hall–Kier alpha value is -4.50. The van der Waals surface area contributed by atoms with E-state index in [1.165, 1.54) is 12.1 Å². The van der Waals surface area contributed by atoms with Gasteiger partial charge in [0.1, 0.15) is 11.5 Å². The zero-order valence-corrected chi connectivity index (χ0v) is 25.0. The lowest BCUT2D eigenvalue weighted by Crippen LogP contribution is -2.39. The zero-order chi connectivity index (χ0) is 31.4. The highest BCUT2D eigenvalue weighted by atomic mass is 19.4. The topological polar surface area (TPSA) is 68.0 Å². The molecule has 0 bridgehead atoms. The van der Waals surface area contributed by atoms with Gasteiger partial charge in [0.05, 0.1) is 31.9 Å². The van der Waals surface area contributed by atoms with Gasteiger partial charge in [-0.05, 0) is 91.1 Å². The van der Waals surface area contributed by atoms with Crippen LogP contribution in [0, 0.1) is 6.92 Å². The Morgan fingerprint density at radius 3 is 2.07 bits per heavy atom. The lowest BCUT2D eigenvalue weighted by atomic mass is 9.97. The fraction of sp³-hybridized carbons (Fsp3) is 0.286. The number of halogens is 3. The molecule has 1 heterocycles. The maximum atomic E-state index is 14.5. The summed E-state index contributed by atoms with van der Waals surface area (Å²) in [7, 11) is 3.15. The number of carbonyl (C=O) groups excluding carboxylic acids is 1. The van der Waals surface area contributed by atoms with Crippen LogP contribution in [0.15, 0.2) is 84.9 Å². The second kappa shape index (κ2) is 13.0. The molecule has 0 unspecified atom stereocenters. The molecule has 4 aromatic carbocycles. The van der Waals surface area contributed by atoms with Crippen molar-refractivity contribution in [2.75, 3.05) is 37.1 Å². The lowest BCUT2D eigenvalue weighted by Gasteiger charge is -2.32. The average Bonchev–Trinajstić information content (AvgIpc) is 3.03. The number of alkyl halides is 3. The fourth-order valence-electron chi connectivity index (χ4n) is 5.62. The van der Waals surface area contributed by atoms with Crippen molar-refractivity contribution < 1.29 is 27.4 Å². The summed E-state index contributed by atoms with van der Waals surface area (Å²) >= 11 is 0. The molecule has 6 nitrogen and oxygen atoms in total. The van der Waals surface area contributed by atoms with Crippen molar-refractivity contribution in [3.63, 3.8) is 0 Å². The molecule has 0 aliphatic carbocycles. The predicted octanol–water partition coefficient (Wildman–Crippen LogP) is 7.47. The van der Waals surface area contributed by atoms with E-state index in [0.29, 0.717) is 39.4 Å². The number of anilines is 2. The van der Waals surface area contributed by atoms with Crippen LogP contribution in [0.4, 0.5) is 24.5 Å². The number of piperidine rings is 1. The molecule has 2 N–H and O–H groups in total. The van der Waals surface area contributed by atoms with Crippen LogP contribution in [0.2, 0.25) is 0 Å². The second-order valence-corrected chi connectivity index (χ2v) is 11.0. The number of methoxy groups -OCH3 is 2. The van der Waals surface area contributed by atoms with Gasteiger partial charge in [-0.15, -0.1) is 0 Å². The standard InChI is InChI=1S/C35H36F3N3O3/c1-23-20-32(43-2)31(33(21-23)44-3)22-41(28-14-12-27(13-15-28)40-18-16-26(39)17-19-40)34(42)30-7-5-4-6-29(30)24-8-10-25(11-9-24)35(36,37)38/h4-15,20-21,26H,16-19,22,39H2,1-3H3. The average molecular weight is 604 g/mol. The van der Waals surface area contributed by atoms with E-state index in [2.05, 4.69) is 4.90 Å². The molecular formula is C35H36F3N3O3. The van der Waals surface area contributed by atoms with Crippen molar-refractivity contribution in [1.82, 2.24) is 0 Å². The summed E-state index contributed by atoms with van der Waals surface area (Å²) in [4.78, 5) is 18.4. The highest BCUT2D eigenvalue weighted by Gasteiger charge is 2.30. The van der Waals surface area contributed by atoms with Crippen LogP contribution in [-0.2, 0) is 12.7 Å².